The Morgan fingerprint density at radius 3 is 2.58 bits per heavy atom. The summed E-state index contributed by atoms with van der Waals surface area (Å²) in [4.78, 5) is 31.9. The molecule has 0 bridgehead atoms. The van der Waals surface area contributed by atoms with Crippen LogP contribution >= 0.6 is 0 Å². The Bertz CT molecular complexity index is 898. The first-order chi connectivity index (χ1) is 14.8. The molecule has 0 spiro atoms. The Morgan fingerprint density at radius 1 is 1.29 bits per heavy atom. The van der Waals surface area contributed by atoms with Gasteiger partial charge in [0.15, 0.2) is 0 Å². The number of nitrogens with one attached hydrogen (secondary N) is 1. The number of carbonyl (C=O) groups excluding carboxylic acids is 2. The summed E-state index contributed by atoms with van der Waals surface area (Å²) in [5.41, 5.74) is 2.37. The zero-order valence-corrected chi connectivity index (χ0v) is 18.5. The van der Waals surface area contributed by atoms with Crippen molar-refractivity contribution in [1.29, 1.82) is 0 Å². The van der Waals surface area contributed by atoms with Gasteiger partial charge < -0.3 is 10.1 Å². The number of benzene rings is 1. The molecule has 1 N–H and O–H groups in total. The second-order valence-electron chi connectivity index (χ2n) is 8.78. The summed E-state index contributed by atoms with van der Waals surface area (Å²) in [5, 5.41) is 2.97. The first-order valence-corrected chi connectivity index (χ1v) is 10.7. The molecule has 1 aliphatic rings. The van der Waals surface area contributed by atoms with Gasteiger partial charge in [0.05, 0.1) is 6.10 Å². The van der Waals surface area contributed by atoms with Gasteiger partial charge in [-0.3, -0.25) is 19.5 Å². The number of nitrogens with zero attached hydrogens (tertiary/aromatic N) is 2. The average molecular weight is 422 g/mol. The van der Waals surface area contributed by atoms with Gasteiger partial charge in [-0.15, -0.1) is 0 Å². The lowest BCUT2D eigenvalue weighted by Gasteiger charge is -2.31. The van der Waals surface area contributed by atoms with Gasteiger partial charge in [0.2, 0.25) is 5.91 Å². The van der Waals surface area contributed by atoms with Crippen LogP contribution in [0.3, 0.4) is 0 Å². The number of rotatable bonds is 7. The minimum Gasteiger partial charge on any atom is -0.376 e. The maximum Gasteiger partial charge on any atom is 0.251 e. The maximum atomic E-state index is 13.3. The minimum atomic E-state index is -0.874. The molecule has 0 saturated carbocycles. The summed E-state index contributed by atoms with van der Waals surface area (Å²) in [6.45, 7) is 11.2. The number of hydrogen-bond donors (Lipinski definition) is 1. The Kier molecular flexibility index (Phi) is 7.23. The van der Waals surface area contributed by atoms with E-state index in [1.54, 1.807) is 24.5 Å². The van der Waals surface area contributed by atoms with Crippen LogP contribution in [0.1, 0.15) is 50.8 Å². The van der Waals surface area contributed by atoms with Crippen LogP contribution in [0.5, 0.6) is 0 Å². The van der Waals surface area contributed by atoms with Crippen LogP contribution < -0.4 is 10.2 Å². The highest BCUT2D eigenvalue weighted by molar-refractivity contribution is 6.06. The summed E-state index contributed by atoms with van der Waals surface area (Å²) >= 11 is 0. The molecule has 2 unspecified atom stereocenters. The molecule has 1 aromatic heterocycles. The van der Waals surface area contributed by atoms with Gasteiger partial charge in [0.25, 0.3) is 5.91 Å². The number of hydrogen-bond acceptors (Lipinski definition) is 4. The van der Waals surface area contributed by atoms with Crippen molar-refractivity contribution in [2.45, 2.75) is 51.2 Å². The third-order valence-electron chi connectivity index (χ3n) is 5.46. The fourth-order valence-electron chi connectivity index (χ4n) is 3.70. The van der Waals surface area contributed by atoms with Crippen molar-refractivity contribution in [3.63, 3.8) is 0 Å². The Morgan fingerprint density at radius 2 is 2.03 bits per heavy atom. The van der Waals surface area contributed by atoms with Gasteiger partial charge in [-0.2, -0.15) is 0 Å². The van der Waals surface area contributed by atoms with E-state index in [2.05, 4.69) is 37.7 Å². The van der Waals surface area contributed by atoms with Crippen molar-refractivity contribution in [3.05, 3.63) is 72.6 Å². The molecule has 2 aromatic rings. The maximum absolute atomic E-state index is 13.3. The fraction of sp³-hybridized carbons (Fsp3) is 0.400. The lowest BCUT2D eigenvalue weighted by Crippen LogP contribution is -2.45. The molecule has 1 saturated heterocycles. The standard InChI is InChI=1S/C25H31N3O3/c1-5-22(29)28(20-12-10-19(11-13-20)25(2,3)4)23(18-8-6-14-26-16-18)24(30)27-17-21-9-7-15-31-21/h5-6,8,10-14,16,21,23H,1,7,9,15,17H2,2-4H3,(H,27,30). The Hall–Kier alpha value is -2.99. The van der Waals surface area contributed by atoms with Gasteiger partial charge in [-0.05, 0) is 48.1 Å². The van der Waals surface area contributed by atoms with Crippen molar-refractivity contribution >= 4 is 17.5 Å². The Labute approximate surface area is 184 Å². The molecule has 2 heterocycles. The molecule has 2 amide bonds. The SMILES string of the molecule is C=CC(=O)N(c1ccc(C(C)(C)C)cc1)C(C(=O)NCC1CCCO1)c1cccnc1. The van der Waals surface area contributed by atoms with Crippen molar-refractivity contribution in [2.75, 3.05) is 18.1 Å². The summed E-state index contributed by atoms with van der Waals surface area (Å²) < 4.78 is 5.62. The molecule has 0 aliphatic carbocycles. The van der Waals surface area contributed by atoms with Crippen LogP contribution in [0.4, 0.5) is 5.69 Å². The molecule has 31 heavy (non-hydrogen) atoms. The van der Waals surface area contributed by atoms with Crippen LogP contribution in [-0.4, -0.2) is 36.1 Å². The topological polar surface area (TPSA) is 71.5 Å². The highest BCUT2D eigenvalue weighted by Crippen LogP contribution is 2.31. The van der Waals surface area contributed by atoms with E-state index in [1.165, 1.54) is 11.0 Å². The van der Waals surface area contributed by atoms with E-state index in [9.17, 15) is 9.59 Å². The molecule has 164 valence electrons. The number of ether oxygens (including phenoxy) is 1. The highest BCUT2D eigenvalue weighted by atomic mass is 16.5. The zero-order valence-electron chi connectivity index (χ0n) is 18.5. The smallest absolute Gasteiger partial charge is 0.251 e. The van der Waals surface area contributed by atoms with E-state index < -0.39 is 6.04 Å². The van der Waals surface area contributed by atoms with Gasteiger partial charge in [-0.25, -0.2) is 0 Å². The van der Waals surface area contributed by atoms with Gasteiger partial charge >= 0.3 is 0 Å². The van der Waals surface area contributed by atoms with Crippen molar-refractivity contribution in [3.8, 4) is 0 Å². The third kappa shape index (κ3) is 5.58. The number of amides is 2. The molecular weight excluding hydrogens is 390 g/mol. The van der Waals surface area contributed by atoms with Crippen molar-refractivity contribution < 1.29 is 14.3 Å². The van der Waals surface area contributed by atoms with Crippen LogP contribution in [-0.2, 0) is 19.7 Å². The van der Waals surface area contributed by atoms with E-state index >= 15 is 0 Å². The van der Waals surface area contributed by atoms with E-state index in [1.807, 2.05) is 24.3 Å². The number of anilines is 1. The molecule has 6 nitrogen and oxygen atoms in total. The second kappa shape index (κ2) is 9.88. The van der Waals surface area contributed by atoms with Crippen molar-refractivity contribution in [2.24, 2.45) is 0 Å². The van der Waals surface area contributed by atoms with E-state index in [4.69, 9.17) is 4.74 Å². The van der Waals surface area contributed by atoms with E-state index in [-0.39, 0.29) is 23.3 Å². The predicted octanol–water partition coefficient (Wildman–Crippen LogP) is 3.93. The van der Waals surface area contributed by atoms with Gasteiger partial charge in [-0.1, -0.05) is 45.5 Å². The van der Waals surface area contributed by atoms with Crippen LogP contribution in [0.25, 0.3) is 0 Å². The molecular formula is C25H31N3O3. The third-order valence-corrected chi connectivity index (χ3v) is 5.46. The molecule has 3 rings (SSSR count). The van der Waals surface area contributed by atoms with Gasteiger partial charge in [0, 0.05) is 36.8 Å². The summed E-state index contributed by atoms with van der Waals surface area (Å²) in [6.07, 6.45) is 6.41. The first kappa shape index (κ1) is 22.7. The lowest BCUT2D eigenvalue weighted by atomic mass is 9.87. The monoisotopic (exact) mass is 421 g/mol. The second-order valence-corrected chi connectivity index (χ2v) is 8.78. The van der Waals surface area contributed by atoms with Crippen LogP contribution in [0.2, 0.25) is 0 Å². The zero-order chi connectivity index (χ0) is 22.4. The van der Waals surface area contributed by atoms with Crippen LogP contribution in [0.15, 0.2) is 61.4 Å². The highest BCUT2D eigenvalue weighted by Gasteiger charge is 2.32. The normalized spacial score (nSPS) is 17.1. The van der Waals surface area contributed by atoms with E-state index in [0.717, 1.165) is 18.4 Å². The van der Waals surface area contributed by atoms with Crippen molar-refractivity contribution in [1.82, 2.24) is 10.3 Å². The number of pyridine rings is 1. The fourth-order valence-corrected chi connectivity index (χ4v) is 3.70. The minimum absolute atomic E-state index is 0.00752. The number of carbonyl (C=O) groups is 2. The predicted molar refractivity (Wildman–Crippen MR) is 122 cm³/mol. The summed E-state index contributed by atoms with van der Waals surface area (Å²) in [7, 11) is 0. The molecule has 6 heteroatoms. The lowest BCUT2D eigenvalue weighted by molar-refractivity contribution is -0.125. The molecule has 1 aromatic carbocycles. The average Bonchev–Trinajstić information content (AvgIpc) is 3.29. The molecule has 0 radical (unpaired) electrons. The number of aromatic nitrogens is 1. The van der Waals surface area contributed by atoms with Gasteiger partial charge in [0.1, 0.15) is 6.04 Å². The molecule has 2 atom stereocenters. The summed E-state index contributed by atoms with van der Waals surface area (Å²) in [6, 6.07) is 10.4. The molecule has 1 aliphatic heterocycles. The van der Waals surface area contributed by atoms with Crippen LogP contribution in [0, 0.1) is 0 Å². The first-order valence-electron chi connectivity index (χ1n) is 10.7. The Balaban J connectivity index is 1.96. The summed E-state index contributed by atoms with van der Waals surface area (Å²) in [5.74, 6) is -0.636. The van der Waals surface area contributed by atoms with E-state index in [0.29, 0.717) is 24.4 Å². The largest absolute Gasteiger partial charge is 0.376 e. The quantitative estimate of drug-likeness (QED) is 0.688. The molecule has 1 fully saturated rings.